The van der Waals surface area contributed by atoms with Gasteiger partial charge in [0.1, 0.15) is 17.4 Å². The van der Waals surface area contributed by atoms with Crippen LogP contribution >= 0.6 is 23.3 Å². The summed E-state index contributed by atoms with van der Waals surface area (Å²) in [5.41, 5.74) is 0. The van der Waals surface area contributed by atoms with Crippen LogP contribution in [0, 0.1) is 11.7 Å². The fraction of sp³-hybridized carbons (Fsp3) is 0.375. The van der Waals surface area contributed by atoms with Gasteiger partial charge in [0, 0.05) is 47.9 Å². The van der Waals surface area contributed by atoms with Crippen molar-refractivity contribution >= 4 is 46.3 Å². The molecule has 1 amide bonds. The van der Waals surface area contributed by atoms with Crippen LogP contribution in [0.5, 0.6) is 11.5 Å². The molecule has 0 unspecified atom stereocenters. The lowest BCUT2D eigenvalue weighted by Gasteiger charge is -2.29. The van der Waals surface area contributed by atoms with Crippen molar-refractivity contribution in [1.82, 2.24) is 19.2 Å². The summed E-state index contributed by atoms with van der Waals surface area (Å²) in [7, 11) is 1.35. The van der Waals surface area contributed by atoms with Crippen molar-refractivity contribution in [3.63, 3.8) is 0 Å². The van der Waals surface area contributed by atoms with Gasteiger partial charge in [0.25, 0.3) is 0 Å². The molecule has 0 radical (unpaired) electrons. The van der Waals surface area contributed by atoms with E-state index in [1.807, 2.05) is 0 Å². The van der Waals surface area contributed by atoms with E-state index in [0.29, 0.717) is 59.5 Å². The van der Waals surface area contributed by atoms with E-state index >= 15 is 0 Å². The lowest BCUT2D eigenvalue weighted by molar-refractivity contribution is -0.140. The van der Waals surface area contributed by atoms with E-state index in [1.54, 1.807) is 12.3 Å². The topological polar surface area (TPSA) is 127 Å². The normalized spacial score (nSPS) is 13.8. The van der Waals surface area contributed by atoms with Crippen molar-refractivity contribution in [3.05, 3.63) is 48.2 Å². The second kappa shape index (κ2) is 12.7. The summed E-state index contributed by atoms with van der Waals surface area (Å²) in [6.45, 7) is 1.04. The standard InChI is InChI=1S/C24H26FN5O5S2/c1-34-21(31)8-11-36-18-13-19(35-17-4-2-16(25)3-5-17)22(26-14-18)28-23-27-20(29-37-23)12-15-6-9-30(10-7-15)24(32)33/h2-5,13-15H,6-12H2,1H3,(H,32,33)(H,26,27,28,29). The number of thioether (sulfide) groups is 1. The van der Waals surface area contributed by atoms with Crippen molar-refractivity contribution in [1.29, 1.82) is 0 Å². The van der Waals surface area contributed by atoms with Gasteiger partial charge < -0.3 is 24.8 Å². The van der Waals surface area contributed by atoms with Crippen LogP contribution in [-0.4, -0.2) is 62.4 Å². The Morgan fingerprint density at radius 3 is 2.73 bits per heavy atom. The largest absolute Gasteiger partial charge is 0.469 e. The third kappa shape index (κ3) is 7.76. The van der Waals surface area contributed by atoms with Gasteiger partial charge in [-0.15, -0.1) is 11.8 Å². The molecule has 0 saturated carbocycles. The molecule has 2 aromatic heterocycles. The maximum atomic E-state index is 13.4. The number of methoxy groups -OCH3 is 1. The van der Waals surface area contributed by atoms with Crippen LogP contribution < -0.4 is 10.1 Å². The zero-order chi connectivity index (χ0) is 26.2. The number of benzene rings is 1. The van der Waals surface area contributed by atoms with Crippen LogP contribution in [-0.2, 0) is 16.0 Å². The van der Waals surface area contributed by atoms with Crippen LogP contribution in [0.25, 0.3) is 0 Å². The Hall–Kier alpha value is -3.45. The van der Waals surface area contributed by atoms with Gasteiger partial charge in [-0.3, -0.25) is 4.79 Å². The highest BCUT2D eigenvalue weighted by Crippen LogP contribution is 2.34. The van der Waals surface area contributed by atoms with Crippen LogP contribution in [0.15, 0.2) is 41.4 Å². The quantitative estimate of drug-likeness (QED) is 0.258. The molecular formula is C24H26FN5O5S2. The lowest BCUT2D eigenvalue weighted by atomic mass is 9.93. The molecule has 10 nitrogen and oxygen atoms in total. The van der Waals surface area contributed by atoms with Gasteiger partial charge in [-0.05, 0) is 49.1 Å². The first-order valence-electron chi connectivity index (χ1n) is 11.6. The zero-order valence-electron chi connectivity index (χ0n) is 20.1. The molecule has 4 rings (SSSR count). The number of anilines is 2. The highest BCUT2D eigenvalue weighted by atomic mass is 32.2. The molecule has 0 aliphatic carbocycles. The molecule has 196 valence electrons. The van der Waals surface area contributed by atoms with Gasteiger partial charge in [0.15, 0.2) is 11.6 Å². The van der Waals surface area contributed by atoms with Crippen molar-refractivity contribution < 1.29 is 28.6 Å². The third-order valence-corrected chi connectivity index (χ3v) is 7.35. The highest BCUT2D eigenvalue weighted by Gasteiger charge is 2.23. The van der Waals surface area contributed by atoms with E-state index in [1.165, 1.54) is 59.6 Å². The van der Waals surface area contributed by atoms with Gasteiger partial charge in [-0.1, -0.05) is 0 Å². The maximum Gasteiger partial charge on any atom is 0.407 e. The molecule has 3 heterocycles. The molecule has 1 aliphatic heterocycles. The Balaban J connectivity index is 1.44. The van der Waals surface area contributed by atoms with E-state index in [-0.39, 0.29) is 18.2 Å². The second-order valence-corrected chi connectivity index (χ2v) is 10.2. The van der Waals surface area contributed by atoms with Crippen molar-refractivity contribution in [2.24, 2.45) is 5.92 Å². The molecule has 0 spiro atoms. The fourth-order valence-corrected chi connectivity index (χ4v) is 5.15. The number of piperidine rings is 1. The number of carbonyl (C=O) groups excluding carboxylic acids is 1. The number of hydrogen-bond acceptors (Lipinski definition) is 10. The van der Waals surface area contributed by atoms with E-state index in [4.69, 9.17) is 9.84 Å². The average Bonchev–Trinajstić information content (AvgIpc) is 3.33. The number of pyridine rings is 1. The average molecular weight is 548 g/mol. The van der Waals surface area contributed by atoms with Gasteiger partial charge in [-0.2, -0.15) is 4.37 Å². The summed E-state index contributed by atoms with van der Waals surface area (Å²) in [5.74, 6) is 2.14. The van der Waals surface area contributed by atoms with Gasteiger partial charge >= 0.3 is 12.1 Å². The molecule has 13 heteroatoms. The SMILES string of the molecule is COC(=O)CCSc1cnc(Nc2nc(CC3CCN(C(=O)O)CC3)ns2)c(Oc2ccc(F)cc2)c1. The number of nitrogens with one attached hydrogen (secondary N) is 1. The third-order valence-electron chi connectivity index (χ3n) is 5.72. The minimum atomic E-state index is -0.879. The maximum absolute atomic E-state index is 13.4. The number of esters is 1. The van der Waals surface area contributed by atoms with Crippen LogP contribution in [0.2, 0.25) is 0 Å². The summed E-state index contributed by atoms with van der Waals surface area (Å²) in [6.07, 6.45) is 3.28. The first kappa shape index (κ1) is 26.6. The highest BCUT2D eigenvalue weighted by molar-refractivity contribution is 7.99. The van der Waals surface area contributed by atoms with Crippen LogP contribution in [0.3, 0.4) is 0 Å². The molecule has 2 N–H and O–H groups in total. The summed E-state index contributed by atoms with van der Waals surface area (Å²) in [5, 5.41) is 12.8. The molecular weight excluding hydrogens is 521 g/mol. The number of carbonyl (C=O) groups is 2. The smallest absolute Gasteiger partial charge is 0.407 e. The molecule has 1 aliphatic rings. The molecule has 1 saturated heterocycles. The van der Waals surface area contributed by atoms with E-state index in [9.17, 15) is 14.0 Å². The number of carboxylic acid groups (broad SMARTS) is 1. The molecule has 1 fully saturated rings. The Morgan fingerprint density at radius 2 is 2.03 bits per heavy atom. The lowest BCUT2D eigenvalue weighted by Crippen LogP contribution is -2.37. The van der Waals surface area contributed by atoms with Crippen molar-refractivity contribution in [2.75, 3.05) is 31.3 Å². The summed E-state index contributed by atoms with van der Waals surface area (Å²) in [4.78, 5) is 33.8. The van der Waals surface area contributed by atoms with Crippen LogP contribution in [0.1, 0.15) is 25.1 Å². The first-order chi connectivity index (χ1) is 17.9. The zero-order valence-corrected chi connectivity index (χ0v) is 21.7. The molecule has 0 atom stereocenters. The predicted molar refractivity (Wildman–Crippen MR) is 137 cm³/mol. The summed E-state index contributed by atoms with van der Waals surface area (Å²) in [6, 6.07) is 7.45. The molecule has 0 bridgehead atoms. The minimum absolute atomic E-state index is 0.262. The Kier molecular flexibility index (Phi) is 9.12. The monoisotopic (exact) mass is 547 g/mol. The number of halogens is 1. The number of nitrogens with zero attached hydrogens (tertiary/aromatic N) is 4. The Labute approximate surface area is 221 Å². The number of hydrogen-bond donors (Lipinski definition) is 2. The predicted octanol–water partition coefficient (Wildman–Crippen LogP) is 5.20. The summed E-state index contributed by atoms with van der Waals surface area (Å²) >= 11 is 2.64. The number of aromatic nitrogens is 3. The van der Waals surface area contributed by atoms with Gasteiger partial charge in [0.05, 0.1) is 13.5 Å². The number of amides is 1. The first-order valence-corrected chi connectivity index (χ1v) is 13.4. The van der Waals surface area contributed by atoms with E-state index < -0.39 is 6.09 Å². The minimum Gasteiger partial charge on any atom is -0.469 e. The number of ether oxygens (including phenoxy) is 2. The van der Waals surface area contributed by atoms with Gasteiger partial charge in [-0.25, -0.2) is 19.2 Å². The molecule has 37 heavy (non-hydrogen) atoms. The van der Waals surface area contributed by atoms with Crippen molar-refractivity contribution in [2.45, 2.75) is 30.6 Å². The number of rotatable bonds is 10. The van der Waals surface area contributed by atoms with E-state index in [0.717, 1.165) is 17.7 Å². The van der Waals surface area contributed by atoms with Crippen molar-refractivity contribution in [3.8, 4) is 11.5 Å². The van der Waals surface area contributed by atoms with Crippen LogP contribution in [0.4, 0.5) is 20.1 Å². The van der Waals surface area contributed by atoms with E-state index in [2.05, 4.69) is 24.4 Å². The van der Waals surface area contributed by atoms with Gasteiger partial charge in [0.2, 0.25) is 5.13 Å². The second-order valence-electron chi connectivity index (χ2n) is 8.31. The summed E-state index contributed by atoms with van der Waals surface area (Å²) < 4.78 is 28.5. The number of likely N-dealkylation sites (tertiary alicyclic amines) is 1. The molecule has 1 aromatic carbocycles. The Morgan fingerprint density at radius 1 is 1.27 bits per heavy atom. The Bertz CT molecular complexity index is 1220. The molecule has 3 aromatic rings. The fourth-order valence-electron chi connectivity index (χ4n) is 3.74.